The van der Waals surface area contributed by atoms with Crippen LogP contribution >= 0.6 is 11.6 Å². The molecule has 2 rings (SSSR count). The lowest BCUT2D eigenvalue weighted by Gasteiger charge is -2.05. The van der Waals surface area contributed by atoms with Gasteiger partial charge in [-0.3, -0.25) is 4.79 Å². The zero-order chi connectivity index (χ0) is 17.7. The summed E-state index contributed by atoms with van der Waals surface area (Å²) in [6.45, 7) is 0. The number of amides is 1. The molecule has 0 aliphatic rings. The van der Waals surface area contributed by atoms with Crippen LogP contribution in [0.1, 0.15) is 21.5 Å². The Morgan fingerprint density at radius 1 is 1.25 bits per heavy atom. The molecule has 0 aliphatic carbocycles. The maximum Gasteiger partial charge on any atom is 0.271 e. The monoisotopic (exact) mass is 362 g/mol. The van der Waals surface area contributed by atoms with Crippen molar-refractivity contribution < 1.29 is 13.2 Å². The Morgan fingerprint density at radius 3 is 2.50 bits per heavy atom. The summed E-state index contributed by atoms with van der Waals surface area (Å²) in [4.78, 5) is 11.6. The SMILES string of the molecule is N#Cc1ccc(/C=N\NC(=O)c2ccc(Cl)c(S(N)(=O)=O)c2)cc1. The van der Waals surface area contributed by atoms with Gasteiger partial charge in [-0.1, -0.05) is 23.7 Å². The zero-order valence-corrected chi connectivity index (χ0v) is 13.7. The molecule has 0 saturated heterocycles. The van der Waals surface area contributed by atoms with Crippen LogP contribution in [0.2, 0.25) is 5.02 Å². The molecule has 0 bridgehead atoms. The summed E-state index contributed by atoms with van der Waals surface area (Å²) >= 11 is 5.75. The summed E-state index contributed by atoms with van der Waals surface area (Å²) in [6.07, 6.45) is 1.38. The van der Waals surface area contributed by atoms with Crippen molar-refractivity contribution in [1.82, 2.24) is 5.43 Å². The van der Waals surface area contributed by atoms with E-state index in [1.165, 1.54) is 18.3 Å². The van der Waals surface area contributed by atoms with E-state index in [0.29, 0.717) is 11.1 Å². The van der Waals surface area contributed by atoms with Gasteiger partial charge in [-0.15, -0.1) is 0 Å². The molecular weight excluding hydrogens is 352 g/mol. The highest BCUT2D eigenvalue weighted by Gasteiger charge is 2.16. The number of hydrazone groups is 1. The predicted molar refractivity (Wildman–Crippen MR) is 89.0 cm³/mol. The van der Waals surface area contributed by atoms with E-state index in [1.807, 2.05) is 6.07 Å². The largest absolute Gasteiger partial charge is 0.271 e. The highest BCUT2D eigenvalue weighted by atomic mass is 35.5. The number of hydrogen-bond donors (Lipinski definition) is 2. The van der Waals surface area contributed by atoms with Gasteiger partial charge in [0.15, 0.2) is 0 Å². The minimum absolute atomic E-state index is 0.0420. The third-order valence-electron chi connectivity index (χ3n) is 2.92. The lowest BCUT2D eigenvalue weighted by molar-refractivity contribution is 0.0955. The molecule has 2 aromatic carbocycles. The van der Waals surface area contributed by atoms with Gasteiger partial charge >= 0.3 is 0 Å². The average molecular weight is 363 g/mol. The van der Waals surface area contributed by atoms with Crippen LogP contribution in [0.15, 0.2) is 52.5 Å². The van der Waals surface area contributed by atoms with E-state index < -0.39 is 15.9 Å². The molecule has 0 radical (unpaired) electrons. The number of sulfonamides is 1. The van der Waals surface area contributed by atoms with Crippen molar-refractivity contribution in [1.29, 1.82) is 5.26 Å². The quantitative estimate of drug-likeness (QED) is 0.633. The van der Waals surface area contributed by atoms with Gasteiger partial charge in [-0.2, -0.15) is 10.4 Å². The van der Waals surface area contributed by atoms with Crippen LogP contribution < -0.4 is 10.6 Å². The Balaban J connectivity index is 2.12. The first kappa shape index (κ1) is 17.6. The number of nitriles is 1. The number of nitrogens with one attached hydrogen (secondary N) is 1. The van der Waals surface area contributed by atoms with Gasteiger partial charge in [0.25, 0.3) is 5.91 Å². The van der Waals surface area contributed by atoms with Gasteiger partial charge in [0.05, 0.1) is 22.9 Å². The highest BCUT2D eigenvalue weighted by Crippen LogP contribution is 2.21. The number of carbonyl (C=O) groups is 1. The van der Waals surface area contributed by atoms with E-state index in [4.69, 9.17) is 22.0 Å². The standard InChI is InChI=1S/C15H11ClN4O3S/c16-13-6-5-12(7-14(13)24(18,22)23)15(21)20-19-9-11-3-1-10(8-17)2-4-11/h1-7,9H,(H,20,21)(H2,18,22,23)/b19-9-. The normalized spacial score (nSPS) is 11.2. The van der Waals surface area contributed by atoms with Gasteiger partial charge in [-0.05, 0) is 35.9 Å². The first-order valence-electron chi connectivity index (χ1n) is 6.47. The number of hydrogen-bond acceptors (Lipinski definition) is 5. The number of benzene rings is 2. The molecule has 3 N–H and O–H groups in total. The molecule has 0 spiro atoms. The molecule has 0 heterocycles. The summed E-state index contributed by atoms with van der Waals surface area (Å²) < 4.78 is 22.8. The molecule has 0 unspecified atom stereocenters. The van der Waals surface area contributed by atoms with Gasteiger partial charge in [-0.25, -0.2) is 19.0 Å². The molecule has 0 saturated carbocycles. The second-order valence-electron chi connectivity index (χ2n) is 4.62. The zero-order valence-electron chi connectivity index (χ0n) is 12.1. The van der Waals surface area contributed by atoms with Crippen molar-refractivity contribution in [3.8, 4) is 6.07 Å². The van der Waals surface area contributed by atoms with E-state index in [1.54, 1.807) is 24.3 Å². The molecule has 24 heavy (non-hydrogen) atoms. The Kier molecular flexibility index (Phi) is 5.31. The summed E-state index contributed by atoms with van der Waals surface area (Å²) in [5, 5.41) is 17.4. The molecule has 7 nitrogen and oxygen atoms in total. The van der Waals surface area contributed by atoms with E-state index in [9.17, 15) is 13.2 Å². The fourth-order valence-electron chi connectivity index (χ4n) is 1.74. The van der Waals surface area contributed by atoms with Gasteiger partial charge in [0.2, 0.25) is 10.0 Å². The van der Waals surface area contributed by atoms with Crippen LogP contribution in [0.4, 0.5) is 0 Å². The van der Waals surface area contributed by atoms with Crippen LogP contribution in [-0.2, 0) is 10.0 Å². The summed E-state index contributed by atoms with van der Waals surface area (Å²) in [7, 11) is -4.04. The third-order valence-corrected chi connectivity index (χ3v) is 4.31. The molecule has 2 aromatic rings. The lowest BCUT2D eigenvalue weighted by Crippen LogP contribution is -2.19. The average Bonchev–Trinajstić information content (AvgIpc) is 2.54. The van der Waals surface area contributed by atoms with Crippen molar-refractivity contribution in [2.75, 3.05) is 0 Å². The molecule has 0 aliphatic heterocycles. The van der Waals surface area contributed by atoms with Crippen molar-refractivity contribution in [2.24, 2.45) is 10.2 Å². The summed E-state index contributed by atoms with van der Waals surface area (Å²) in [5.41, 5.74) is 3.49. The first-order valence-corrected chi connectivity index (χ1v) is 8.39. The van der Waals surface area contributed by atoms with Crippen LogP contribution in [-0.4, -0.2) is 20.5 Å². The summed E-state index contributed by atoms with van der Waals surface area (Å²) in [5.74, 6) is -0.624. The number of primary sulfonamides is 1. The molecule has 0 aromatic heterocycles. The fraction of sp³-hybridized carbons (Fsp3) is 0. The second kappa shape index (κ2) is 7.23. The number of nitrogens with zero attached hydrogens (tertiary/aromatic N) is 2. The molecule has 0 fully saturated rings. The Labute approximate surface area is 143 Å². The van der Waals surface area contributed by atoms with Crippen LogP contribution in [0.25, 0.3) is 0 Å². The van der Waals surface area contributed by atoms with Crippen LogP contribution in [0.5, 0.6) is 0 Å². The third kappa shape index (κ3) is 4.39. The lowest BCUT2D eigenvalue weighted by atomic mass is 10.2. The summed E-state index contributed by atoms with van der Waals surface area (Å²) in [6, 6.07) is 12.2. The molecule has 122 valence electrons. The minimum atomic E-state index is -4.04. The van der Waals surface area contributed by atoms with Crippen LogP contribution in [0, 0.1) is 11.3 Å². The predicted octanol–water partition coefficient (Wildman–Crippen LogP) is 1.62. The number of carbonyl (C=O) groups excluding carboxylic acids is 1. The highest BCUT2D eigenvalue weighted by molar-refractivity contribution is 7.89. The molecule has 1 amide bonds. The van der Waals surface area contributed by atoms with E-state index in [2.05, 4.69) is 10.5 Å². The number of rotatable bonds is 4. The van der Waals surface area contributed by atoms with Crippen molar-refractivity contribution in [3.63, 3.8) is 0 Å². The molecular formula is C15H11ClN4O3S. The maximum atomic E-state index is 12.0. The first-order chi connectivity index (χ1) is 11.3. The van der Waals surface area contributed by atoms with Crippen molar-refractivity contribution >= 4 is 33.7 Å². The smallest absolute Gasteiger partial charge is 0.267 e. The second-order valence-corrected chi connectivity index (χ2v) is 6.56. The maximum absolute atomic E-state index is 12.0. The molecule has 9 heteroatoms. The number of halogens is 1. The topological polar surface area (TPSA) is 125 Å². The van der Waals surface area contributed by atoms with Gasteiger partial charge in [0.1, 0.15) is 4.90 Å². The minimum Gasteiger partial charge on any atom is -0.267 e. The van der Waals surface area contributed by atoms with Gasteiger partial charge in [0, 0.05) is 5.56 Å². The van der Waals surface area contributed by atoms with Crippen LogP contribution in [0.3, 0.4) is 0 Å². The van der Waals surface area contributed by atoms with E-state index >= 15 is 0 Å². The van der Waals surface area contributed by atoms with E-state index in [-0.39, 0.29) is 15.5 Å². The van der Waals surface area contributed by atoms with Gasteiger partial charge < -0.3 is 0 Å². The number of nitrogens with two attached hydrogens (primary N) is 1. The van der Waals surface area contributed by atoms with Crippen molar-refractivity contribution in [2.45, 2.75) is 4.90 Å². The Bertz CT molecular complexity index is 948. The molecule has 0 atom stereocenters. The van der Waals surface area contributed by atoms with E-state index in [0.717, 1.165) is 6.07 Å². The Morgan fingerprint density at radius 2 is 1.92 bits per heavy atom. The van der Waals surface area contributed by atoms with Crippen molar-refractivity contribution in [3.05, 3.63) is 64.2 Å². The fourth-order valence-corrected chi connectivity index (χ4v) is 2.81. The Hall–Kier alpha value is -2.73.